The maximum atomic E-state index is 12.2. The molecule has 1 aliphatic rings. The molecular formula is C18H23N5O2. The number of nitrogens with zero attached hydrogens (tertiary/aromatic N) is 4. The lowest BCUT2D eigenvalue weighted by atomic mass is 10.1. The van der Waals surface area contributed by atoms with Gasteiger partial charge in [0, 0.05) is 18.7 Å². The SMILES string of the molecule is Cc1cn(N=Cc2ccccc2OCC(=O)N2CCCCC2)c(N)n1. The fraction of sp³-hybridized carbons (Fsp3) is 0.389. The predicted octanol–water partition coefficient (Wildman–Crippen LogP) is 2.05. The molecule has 25 heavy (non-hydrogen) atoms. The third kappa shape index (κ3) is 4.37. The van der Waals surface area contributed by atoms with Crippen LogP contribution in [-0.2, 0) is 4.79 Å². The Morgan fingerprint density at radius 3 is 2.80 bits per heavy atom. The molecule has 0 spiro atoms. The lowest BCUT2D eigenvalue weighted by molar-refractivity contribution is -0.134. The Kier molecular flexibility index (Phi) is 5.33. The van der Waals surface area contributed by atoms with Crippen LogP contribution in [0.25, 0.3) is 0 Å². The van der Waals surface area contributed by atoms with E-state index in [1.165, 1.54) is 11.1 Å². The molecule has 1 aromatic carbocycles. The predicted molar refractivity (Wildman–Crippen MR) is 96.7 cm³/mol. The van der Waals surface area contributed by atoms with Crippen molar-refractivity contribution in [2.45, 2.75) is 26.2 Å². The van der Waals surface area contributed by atoms with E-state index in [0.29, 0.717) is 11.7 Å². The molecule has 7 nitrogen and oxygen atoms in total. The average Bonchev–Trinajstić information content (AvgIpc) is 2.96. The highest BCUT2D eigenvalue weighted by molar-refractivity contribution is 5.84. The number of para-hydroxylation sites is 1. The molecule has 0 unspecified atom stereocenters. The van der Waals surface area contributed by atoms with Gasteiger partial charge in [0.25, 0.3) is 5.91 Å². The Morgan fingerprint density at radius 2 is 2.08 bits per heavy atom. The zero-order valence-corrected chi connectivity index (χ0v) is 14.4. The van der Waals surface area contributed by atoms with Crippen molar-refractivity contribution in [2.24, 2.45) is 5.10 Å². The number of carbonyl (C=O) groups is 1. The minimum atomic E-state index is 0.0286. The minimum Gasteiger partial charge on any atom is -0.483 e. The smallest absolute Gasteiger partial charge is 0.260 e. The van der Waals surface area contributed by atoms with Gasteiger partial charge in [0.2, 0.25) is 5.95 Å². The van der Waals surface area contributed by atoms with Crippen LogP contribution in [0.15, 0.2) is 35.6 Å². The molecule has 0 radical (unpaired) electrons. The second-order valence-electron chi connectivity index (χ2n) is 6.10. The molecule has 1 aromatic heterocycles. The van der Waals surface area contributed by atoms with Crippen molar-refractivity contribution in [2.75, 3.05) is 25.4 Å². The molecule has 0 saturated carbocycles. The van der Waals surface area contributed by atoms with Crippen LogP contribution in [0.2, 0.25) is 0 Å². The van der Waals surface area contributed by atoms with Gasteiger partial charge in [-0.05, 0) is 38.3 Å². The molecule has 0 bridgehead atoms. The van der Waals surface area contributed by atoms with Gasteiger partial charge in [0.15, 0.2) is 6.61 Å². The first kappa shape index (κ1) is 17.0. The number of piperidine rings is 1. The van der Waals surface area contributed by atoms with Crippen LogP contribution in [0.4, 0.5) is 5.95 Å². The molecule has 2 heterocycles. The topological polar surface area (TPSA) is 85.7 Å². The normalized spacial score (nSPS) is 14.8. The van der Waals surface area contributed by atoms with Gasteiger partial charge in [-0.2, -0.15) is 5.10 Å². The quantitative estimate of drug-likeness (QED) is 0.843. The summed E-state index contributed by atoms with van der Waals surface area (Å²) in [6.45, 7) is 3.54. The molecule has 3 rings (SSSR count). The van der Waals surface area contributed by atoms with Gasteiger partial charge in [0.05, 0.1) is 18.1 Å². The number of hydrogen-bond acceptors (Lipinski definition) is 5. The first-order chi connectivity index (χ1) is 12.1. The van der Waals surface area contributed by atoms with Crippen LogP contribution < -0.4 is 10.5 Å². The van der Waals surface area contributed by atoms with Gasteiger partial charge in [0.1, 0.15) is 5.75 Å². The van der Waals surface area contributed by atoms with Crippen LogP contribution in [0.3, 0.4) is 0 Å². The Morgan fingerprint density at radius 1 is 1.32 bits per heavy atom. The van der Waals surface area contributed by atoms with Crippen molar-refractivity contribution in [3.63, 3.8) is 0 Å². The van der Waals surface area contributed by atoms with Crippen LogP contribution >= 0.6 is 0 Å². The number of anilines is 1. The number of amides is 1. The summed E-state index contributed by atoms with van der Waals surface area (Å²) in [4.78, 5) is 18.2. The molecule has 0 aliphatic carbocycles. The standard InChI is InChI=1S/C18H23N5O2/c1-14-12-23(18(19)21-14)20-11-15-7-3-4-8-16(15)25-13-17(24)22-9-5-2-6-10-22/h3-4,7-8,11-12H,2,5-6,9-10,13H2,1H3,(H2,19,21). The number of imidazole rings is 1. The number of nitrogen functional groups attached to an aromatic ring is 1. The van der Waals surface area contributed by atoms with Crippen LogP contribution in [0, 0.1) is 6.92 Å². The fourth-order valence-electron chi connectivity index (χ4n) is 2.81. The maximum Gasteiger partial charge on any atom is 0.260 e. The molecule has 132 valence electrons. The molecule has 1 fully saturated rings. The molecule has 2 aromatic rings. The summed E-state index contributed by atoms with van der Waals surface area (Å²) in [7, 11) is 0. The molecular weight excluding hydrogens is 318 g/mol. The molecule has 7 heteroatoms. The highest BCUT2D eigenvalue weighted by Gasteiger charge is 2.17. The number of benzene rings is 1. The number of likely N-dealkylation sites (tertiary alicyclic amines) is 1. The molecule has 1 aliphatic heterocycles. The summed E-state index contributed by atoms with van der Waals surface area (Å²) in [5.41, 5.74) is 7.36. The minimum absolute atomic E-state index is 0.0286. The van der Waals surface area contributed by atoms with Crippen LogP contribution in [0.1, 0.15) is 30.5 Å². The first-order valence-electron chi connectivity index (χ1n) is 8.49. The lowest BCUT2D eigenvalue weighted by Gasteiger charge is -2.26. The average molecular weight is 341 g/mol. The van der Waals surface area contributed by atoms with Gasteiger partial charge in [-0.1, -0.05) is 12.1 Å². The van der Waals surface area contributed by atoms with Gasteiger partial charge in [-0.3, -0.25) is 4.79 Å². The number of ether oxygens (including phenoxy) is 1. The summed E-state index contributed by atoms with van der Waals surface area (Å²) < 4.78 is 7.24. The van der Waals surface area contributed by atoms with Crippen molar-refractivity contribution in [1.82, 2.24) is 14.6 Å². The third-order valence-electron chi connectivity index (χ3n) is 4.13. The van der Waals surface area contributed by atoms with Gasteiger partial charge >= 0.3 is 0 Å². The van der Waals surface area contributed by atoms with E-state index in [2.05, 4.69) is 10.1 Å². The summed E-state index contributed by atoms with van der Waals surface area (Å²) in [5, 5.41) is 4.30. The van der Waals surface area contributed by atoms with Crippen molar-refractivity contribution in [1.29, 1.82) is 0 Å². The van der Waals surface area contributed by atoms with E-state index in [0.717, 1.165) is 37.2 Å². The largest absolute Gasteiger partial charge is 0.483 e. The summed E-state index contributed by atoms with van der Waals surface area (Å²) in [6.07, 6.45) is 6.73. The first-order valence-corrected chi connectivity index (χ1v) is 8.49. The summed E-state index contributed by atoms with van der Waals surface area (Å²) >= 11 is 0. The fourth-order valence-corrected chi connectivity index (χ4v) is 2.81. The Bertz CT molecular complexity index is 763. The number of rotatable bonds is 5. The third-order valence-corrected chi connectivity index (χ3v) is 4.13. The second-order valence-corrected chi connectivity index (χ2v) is 6.10. The Balaban J connectivity index is 1.66. The van der Waals surface area contributed by atoms with Gasteiger partial charge in [-0.25, -0.2) is 9.66 Å². The van der Waals surface area contributed by atoms with E-state index in [9.17, 15) is 4.79 Å². The van der Waals surface area contributed by atoms with E-state index < -0.39 is 0 Å². The number of aromatic nitrogens is 2. The highest BCUT2D eigenvalue weighted by Crippen LogP contribution is 2.17. The summed E-state index contributed by atoms with van der Waals surface area (Å²) in [6, 6.07) is 7.47. The summed E-state index contributed by atoms with van der Waals surface area (Å²) in [5.74, 6) is 0.973. The van der Waals surface area contributed by atoms with E-state index in [4.69, 9.17) is 10.5 Å². The molecule has 1 amide bonds. The van der Waals surface area contributed by atoms with Crippen LogP contribution in [-0.4, -0.2) is 46.4 Å². The van der Waals surface area contributed by atoms with Gasteiger partial charge in [-0.15, -0.1) is 0 Å². The van der Waals surface area contributed by atoms with Crippen molar-refractivity contribution in [3.8, 4) is 5.75 Å². The zero-order chi connectivity index (χ0) is 17.6. The lowest BCUT2D eigenvalue weighted by Crippen LogP contribution is -2.38. The second kappa shape index (κ2) is 7.83. The Hall–Kier alpha value is -2.83. The van der Waals surface area contributed by atoms with Gasteiger partial charge < -0.3 is 15.4 Å². The van der Waals surface area contributed by atoms with E-state index >= 15 is 0 Å². The highest BCUT2D eigenvalue weighted by atomic mass is 16.5. The number of hydrogen-bond donors (Lipinski definition) is 1. The Labute approximate surface area is 147 Å². The number of nitrogens with two attached hydrogens (primary N) is 1. The zero-order valence-electron chi connectivity index (χ0n) is 14.4. The van der Waals surface area contributed by atoms with E-state index in [1.807, 2.05) is 36.1 Å². The van der Waals surface area contributed by atoms with E-state index in [1.54, 1.807) is 12.4 Å². The monoisotopic (exact) mass is 341 g/mol. The molecule has 1 saturated heterocycles. The molecule has 2 N–H and O–H groups in total. The van der Waals surface area contributed by atoms with Crippen LogP contribution in [0.5, 0.6) is 5.75 Å². The van der Waals surface area contributed by atoms with E-state index in [-0.39, 0.29) is 12.5 Å². The molecule has 0 atom stereocenters. The van der Waals surface area contributed by atoms with Crippen molar-refractivity contribution in [3.05, 3.63) is 41.7 Å². The van der Waals surface area contributed by atoms with Crippen molar-refractivity contribution < 1.29 is 9.53 Å². The number of carbonyl (C=O) groups excluding carboxylic acids is 1. The maximum absolute atomic E-state index is 12.2. The number of aryl methyl sites for hydroxylation is 1. The van der Waals surface area contributed by atoms with Crippen molar-refractivity contribution >= 4 is 18.1 Å².